The lowest BCUT2D eigenvalue weighted by Gasteiger charge is -2.33. The molecule has 1 rings (SSSR count). The van der Waals surface area contributed by atoms with Crippen LogP contribution in [0.1, 0.15) is 26.2 Å². The van der Waals surface area contributed by atoms with Crippen LogP contribution >= 0.6 is 0 Å². The molecule has 0 saturated carbocycles. The molecule has 0 amide bonds. The van der Waals surface area contributed by atoms with Gasteiger partial charge in [-0.15, -0.1) is 0 Å². The molecule has 0 aromatic rings. The molecular formula is C12H27N3O. The third-order valence-electron chi connectivity index (χ3n) is 3.76. The summed E-state index contributed by atoms with van der Waals surface area (Å²) in [6, 6.07) is 0. The van der Waals surface area contributed by atoms with Gasteiger partial charge in [0.1, 0.15) is 0 Å². The predicted molar refractivity (Wildman–Crippen MR) is 67.5 cm³/mol. The van der Waals surface area contributed by atoms with Gasteiger partial charge in [0.05, 0.1) is 6.61 Å². The van der Waals surface area contributed by atoms with Crippen molar-refractivity contribution in [2.45, 2.75) is 31.7 Å². The van der Waals surface area contributed by atoms with Gasteiger partial charge in [0, 0.05) is 31.7 Å². The maximum Gasteiger partial charge on any atom is 0.0611 e. The summed E-state index contributed by atoms with van der Waals surface area (Å²) in [7, 11) is 2.17. The number of nitrogens with zero attached hydrogens (tertiary/aromatic N) is 2. The van der Waals surface area contributed by atoms with Crippen molar-refractivity contribution in [3.63, 3.8) is 0 Å². The monoisotopic (exact) mass is 229 g/mol. The van der Waals surface area contributed by atoms with Gasteiger partial charge < -0.3 is 20.6 Å². The number of piperazine rings is 1. The van der Waals surface area contributed by atoms with Crippen LogP contribution in [0.5, 0.6) is 0 Å². The Balaban J connectivity index is 2.15. The van der Waals surface area contributed by atoms with E-state index in [9.17, 15) is 5.11 Å². The van der Waals surface area contributed by atoms with E-state index in [2.05, 4.69) is 16.8 Å². The Morgan fingerprint density at radius 1 is 1.25 bits per heavy atom. The second-order valence-electron chi connectivity index (χ2n) is 5.12. The molecule has 1 unspecified atom stereocenters. The third-order valence-corrected chi connectivity index (χ3v) is 3.76. The molecule has 4 nitrogen and oxygen atoms in total. The van der Waals surface area contributed by atoms with Gasteiger partial charge in [-0.2, -0.15) is 0 Å². The van der Waals surface area contributed by atoms with E-state index in [4.69, 9.17) is 5.73 Å². The van der Waals surface area contributed by atoms with Crippen molar-refractivity contribution in [1.29, 1.82) is 0 Å². The Morgan fingerprint density at radius 3 is 2.38 bits per heavy atom. The minimum Gasteiger partial charge on any atom is -0.394 e. The molecule has 0 spiro atoms. The molecule has 1 heterocycles. The first-order valence-electron chi connectivity index (χ1n) is 6.40. The largest absolute Gasteiger partial charge is 0.394 e. The van der Waals surface area contributed by atoms with Gasteiger partial charge in [0.2, 0.25) is 0 Å². The average Bonchev–Trinajstić information content (AvgIpc) is 2.31. The molecular weight excluding hydrogens is 202 g/mol. The fourth-order valence-electron chi connectivity index (χ4n) is 2.09. The van der Waals surface area contributed by atoms with Gasteiger partial charge >= 0.3 is 0 Å². The molecule has 0 aromatic carbocycles. The first-order chi connectivity index (χ1) is 7.59. The Labute approximate surface area is 99.4 Å². The number of hydrogen-bond donors (Lipinski definition) is 2. The van der Waals surface area contributed by atoms with Crippen LogP contribution in [0.15, 0.2) is 0 Å². The fraction of sp³-hybridized carbons (Fsp3) is 1.00. The number of aliphatic hydroxyl groups is 1. The van der Waals surface area contributed by atoms with E-state index in [1.807, 2.05) is 6.92 Å². The maximum absolute atomic E-state index is 9.21. The van der Waals surface area contributed by atoms with E-state index in [1.54, 1.807) is 0 Å². The number of aliphatic hydroxyl groups excluding tert-OH is 1. The molecule has 1 aliphatic rings. The van der Waals surface area contributed by atoms with Crippen LogP contribution in [-0.4, -0.2) is 66.8 Å². The van der Waals surface area contributed by atoms with Crippen molar-refractivity contribution < 1.29 is 5.11 Å². The lowest BCUT2D eigenvalue weighted by Crippen LogP contribution is -2.46. The van der Waals surface area contributed by atoms with E-state index < -0.39 is 0 Å². The first kappa shape index (κ1) is 13.9. The summed E-state index contributed by atoms with van der Waals surface area (Å²) < 4.78 is 0. The average molecular weight is 229 g/mol. The Hall–Kier alpha value is -0.160. The van der Waals surface area contributed by atoms with E-state index in [1.165, 1.54) is 26.2 Å². The first-order valence-corrected chi connectivity index (χ1v) is 6.40. The summed E-state index contributed by atoms with van der Waals surface area (Å²) in [5.41, 5.74) is 5.70. The second-order valence-corrected chi connectivity index (χ2v) is 5.12. The number of likely N-dealkylation sites (N-methyl/N-ethyl adjacent to an activating group) is 1. The topological polar surface area (TPSA) is 52.7 Å². The van der Waals surface area contributed by atoms with Crippen molar-refractivity contribution in [1.82, 2.24) is 9.80 Å². The highest BCUT2D eigenvalue weighted by atomic mass is 16.3. The quantitative estimate of drug-likeness (QED) is 0.679. The minimum atomic E-state index is -0.355. The summed E-state index contributed by atoms with van der Waals surface area (Å²) >= 11 is 0. The molecule has 3 N–H and O–H groups in total. The van der Waals surface area contributed by atoms with Gasteiger partial charge in [-0.05, 0) is 32.9 Å². The van der Waals surface area contributed by atoms with Gasteiger partial charge in [0.15, 0.2) is 0 Å². The molecule has 0 bridgehead atoms. The van der Waals surface area contributed by atoms with Crippen molar-refractivity contribution in [2.24, 2.45) is 5.73 Å². The van der Waals surface area contributed by atoms with E-state index in [0.717, 1.165) is 25.8 Å². The van der Waals surface area contributed by atoms with Crippen LogP contribution < -0.4 is 5.73 Å². The van der Waals surface area contributed by atoms with Crippen LogP contribution in [0, 0.1) is 0 Å². The van der Waals surface area contributed by atoms with Crippen molar-refractivity contribution in [3.05, 3.63) is 0 Å². The fourth-order valence-corrected chi connectivity index (χ4v) is 2.09. The van der Waals surface area contributed by atoms with Crippen molar-refractivity contribution in [2.75, 3.05) is 46.4 Å². The zero-order valence-electron chi connectivity index (χ0n) is 10.8. The molecule has 1 atom stereocenters. The summed E-state index contributed by atoms with van der Waals surface area (Å²) in [6.45, 7) is 7.94. The van der Waals surface area contributed by atoms with Crippen LogP contribution in [0.4, 0.5) is 0 Å². The molecule has 0 aromatic heterocycles. The lowest BCUT2D eigenvalue weighted by atomic mass is 9.92. The van der Waals surface area contributed by atoms with Gasteiger partial charge in [-0.25, -0.2) is 0 Å². The van der Waals surface area contributed by atoms with Gasteiger partial charge in [-0.3, -0.25) is 0 Å². The molecule has 96 valence electrons. The number of hydrogen-bond acceptors (Lipinski definition) is 4. The molecule has 1 saturated heterocycles. The Kier molecular flexibility index (Phi) is 5.69. The van der Waals surface area contributed by atoms with Gasteiger partial charge in [-0.1, -0.05) is 6.92 Å². The summed E-state index contributed by atoms with van der Waals surface area (Å²) in [6.07, 6.45) is 2.87. The highest BCUT2D eigenvalue weighted by Crippen LogP contribution is 2.14. The third kappa shape index (κ3) is 4.37. The van der Waals surface area contributed by atoms with Gasteiger partial charge in [0.25, 0.3) is 0 Å². The van der Waals surface area contributed by atoms with E-state index >= 15 is 0 Å². The lowest BCUT2D eigenvalue weighted by molar-refractivity contribution is 0.139. The van der Waals surface area contributed by atoms with E-state index in [0.29, 0.717) is 0 Å². The highest BCUT2D eigenvalue weighted by molar-refractivity contribution is 4.82. The SMILES string of the molecule is CCC(N)(CO)CCCN1CCN(C)CC1. The van der Waals surface area contributed by atoms with Crippen LogP contribution in [-0.2, 0) is 0 Å². The Morgan fingerprint density at radius 2 is 1.88 bits per heavy atom. The minimum absolute atomic E-state index is 0.103. The Bertz CT molecular complexity index is 187. The summed E-state index contributed by atoms with van der Waals surface area (Å²) in [5.74, 6) is 0. The molecule has 1 aliphatic heterocycles. The molecule has 0 radical (unpaired) electrons. The zero-order chi connectivity index (χ0) is 12.0. The van der Waals surface area contributed by atoms with Crippen molar-refractivity contribution >= 4 is 0 Å². The number of rotatable bonds is 6. The summed E-state index contributed by atoms with van der Waals surface area (Å²) in [4.78, 5) is 4.86. The molecule has 1 fully saturated rings. The predicted octanol–water partition coefficient (Wildman–Crippen LogP) is 0.114. The highest BCUT2D eigenvalue weighted by Gasteiger charge is 2.21. The standard InChI is InChI=1S/C12H27N3O/c1-3-12(13,11-16)5-4-6-15-9-7-14(2)8-10-15/h16H,3-11,13H2,1-2H3. The van der Waals surface area contributed by atoms with E-state index in [-0.39, 0.29) is 12.1 Å². The molecule has 4 heteroatoms. The van der Waals surface area contributed by atoms with Crippen LogP contribution in [0.3, 0.4) is 0 Å². The maximum atomic E-state index is 9.21. The summed E-state index contributed by atoms with van der Waals surface area (Å²) in [5, 5.41) is 9.21. The zero-order valence-corrected chi connectivity index (χ0v) is 10.8. The van der Waals surface area contributed by atoms with Crippen molar-refractivity contribution in [3.8, 4) is 0 Å². The molecule has 16 heavy (non-hydrogen) atoms. The number of nitrogens with two attached hydrogens (primary N) is 1. The second kappa shape index (κ2) is 6.55. The molecule has 0 aliphatic carbocycles. The van der Waals surface area contributed by atoms with Crippen LogP contribution in [0.2, 0.25) is 0 Å². The smallest absolute Gasteiger partial charge is 0.0611 e. The normalized spacial score (nSPS) is 23.2. The van der Waals surface area contributed by atoms with Crippen LogP contribution in [0.25, 0.3) is 0 Å².